The molecular weight excluding hydrogens is 356 g/mol. The molecule has 0 radical (unpaired) electrons. The topological polar surface area (TPSA) is 60.3 Å². The fourth-order valence-corrected chi connectivity index (χ4v) is 3.91. The monoisotopic (exact) mass is 374 g/mol. The Morgan fingerprint density at radius 2 is 2.12 bits per heavy atom. The molecule has 0 bridgehead atoms. The Hall–Kier alpha value is -2.25. The molecule has 0 aliphatic carbocycles. The second-order valence-electron chi connectivity index (χ2n) is 5.30. The van der Waals surface area contributed by atoms with Gasteiger partial charge in [-0.2, -0.15) is 0 Å². The van der Waals surface area contributed by atoms with Gasteiger partial charge in [-0.05, 0) is 48.9 Å². The van der Waals surface area contributed by atoms with Gasteiger partial charge >= 0.3 is 5.97 Å². The van der Waals surface area contributed by atoms with Crippen molar-refractivity contribution in [3.05, 3.63) is 47.5 Å². The van der Waals surface area contributed by atoms with Crippen LogP contribution in [0, 0.1) is 0 Å². The molecular formula is C18H18N2O3S2. The van der Waals surface area contributed by atoms with Gasteiger partial charge in [0.25, 0.3) is 0 Å². The van der Waals surface area contributed by atoms with E-state index in [1.807, 2.05) is 42.0 Å². The predicted molar refractivity (Wildman–Crippen MR) is 103 cm³/mol. The molecule has 0 saturated carbocycles. The van der Waals surface area contributed by atoms with Crippen LogP contribution in [0.5, 0.6) is 0 Å². The third-order valence-corrected chi connectivity index (χ3v) is 5.32. The molecule has 0 atom stereocenters. The highest BCUT2D eigenvalue weighted by Gasteiger charge is 2.19. The Labute approximate surface area is 154 Å². The van der Waals surface area contributed by atoms with Gasteiger partial charge < -0.3 is 14.6 Å². The van der Waals surface area contributed by atoms with E-state index in [2.05, 4.69) is 5.32 Å². The van der Waals surface area contributed by atoms with Crippen LogP contribution in [-0.4, -0.2) is 29.3 Å². The maximum Gasteiger partial charge on any atom is 0.355 e. The van der Waals surface area contributed by atoms with Crippen LogP contribution >= 0.6 is 23.1 Å². The van der Waals surface area contributed by atoms with Crippen LogP contribution in [0.1, 0.15) is 17.4 Å². The molecule has 0 spiro atoms. The van der Waals surface area contributed by atoms with Crippen LogP contribution in [0.3, 0.4) is 0 Å². The number of aromatic nitrogens is 1. The largest absolute Gasteiger partial charge is 0.461 e. The van der Waals surface area contributed by atoms with Crippen molar-refractivity contribution in [2.45, 2.75) is 18.4 Å². The number of benzene rings is 1. The van der Waals surface area contributed by atoms with Gasteiger partial charge in [0.1, 0.15) is 17.1 Å². The quantitative estimate of drug-likeness (QED) is 0.518. The van der Waals surface area contributed by atoms with Crippen LogP contribution in [-0.2, 0) is 16.1 Å². The lowest BCUT2D eigenvalue weighted by atomic mass is 10.3. The van der Waals surface area contributed by atoms with Crippen molar-refractivity contribution in [3.8, 4) is 0 Å². The lowest BCUT2D eigenvalue weighted by molar-refractivity contribution is -0.116. The van der Waals surface area contributed by atoms with E-state index in [1.165, 1.54) is 11.3 Å². The first-order valence-electron chi connectivity index (χ1n) is 7.80. The summed E-state index contributed by atoms with van der Waals surface area (Å²) < 4.78 is 6.82. The average molecular weight is 374 g/mol. The number of carbonyl (C=O) groups is 2. The number of hydrogen-bond donors (Lipinski definition) is 1. The number of thioether (sulfide) groups is 1. The van der Waals surface area contributed by atoms with Crippen LogP contribution in [0.25, 0.3) is 10.2 Å². The molecule has 0 fully saturated rings. The van der Waals surface area contributed by atoms with Crippen LogP contribution < -0.4 is 5.32 Å². The Morgan fingerprint density at radius 3 is 2.88 bits per heavy atom. The average Bonchev–Trinajstić information content (AvgIpc) is 3.18. The van der Waals surface area contributed by atoms with E-state index in [4.69, 9.17) is 4.74 Å². The third-order valence-electron chi connectivity index (χ3n) is 3.64. The van der Waals surface area contributed by atoms with Gasteiger partial charge in [0, 0.05) is 16.0 Å². The molecule has 0 saturated heterocycles. The van der Waals surface area contributed by atoms with Gasteiger partial charge in [-0.15, -0.1) is 23.1 Å². The first kappa shape index (κ1) is 17.6. The van der Waals surface area contributed by atoms with E-state index >= 15 is 0 Å². The van der Waals surface area contributed by atoms with Crippen molar-refractivity contribution >= 4 is 50.9 Å². The van der Waals surface area contributed by atoms with Crippen molar-refractivity contribution in [3.63, 3.8) is 0 Å². The maximum atomic E-state index is 12.5. The molecule has 7 heteroatoms. The number of esters is 1. The minimum absolute atomic E-state index is 0.0572. The molecule has 1 amide bonds. The van der Waals surface area contributed by atoms with E-state index in [9.17, 15) is 9.59 Å². The lowest BCUT2D eigenvalue weighted by Crippen LogP contribution is -2.21. The normalized spacial score (nSPS) is 10.8. The van der Waals surface area contributed by atoms with E-state index in [-0.39, 0.29) is 12.5 Å². The van der Waals surface area contributed by atoms with Gasteiger partial charge in [-0.25, -0.2) is 4.79 Å². The predicted octanol–water partition coefficient (Wildman–Crippen LogP) is 4.24. The van der Waals surface area contributed by atoms with E-state index in [0.717, 1.165) is 20.8 Å². The highest BCUT2D eigenvalue weighted by atomic mass is 32.2. The molecule has 1 N–H and O–H groups in total. The lowest BCUT2D eigenvalue weighted by Gasteiger charge is -2.10. The first-order chi connectivity index (χ1) is 12.1. The van der Waals surface area contributed by atoms with E-state index in [0.29, 0.717) is 12.3 Å². The number of thiophene rings is 1. The standard InChI is InChI=1S/C18H18N2O3S2/c1-3-23-18(22)15-9-12-7-8-25-17(12)20(15)11-16(21)19-13-5-4-6-14(10-13)24-2/h4-10H,3,11H2,1-2H3,(H,19,21). The molecule has 130 valence electrons. The number of nitrogens with zero attached hydrogens (tertiary/aromatic N) is 1. The second-order valence-corrected chi connectivity index (χ2v) is 7.07. The van der Waals surface area contributed by atoms with Crippen LogP contribution in [0.4, 0.5) is 5.69 Å². The van der Waals surface area contributed by atoms with Gasteiger partial charge in [0.2, 0.25) is 5.91 Å². The number of ether oxygens (including phenoxy) is 1. The first-order valence-corrected chi connectivity index (χ1v) is 9.90. The highest BCUT2D eigenvalue weighted by Crippen LogP contribution is 2.26. The molecule has 3 rings (SSSR count). The molecule has 0 aliphatic rings. The van der Waals surface area contributed by atoms with Gasteiger partial charge in [-0.1, -0.05) is 6.07 Å². The summed E-state index contributed by atoms with van der Waals surface area (Å²) in [7, 11) is 0. The summed E-state index contributed by atoms with van der Waals surface area (Å²) in [5.74, 6) is -0.599. The SMILES string of the molecule is CCOC(=O)c1cc2ccsc2n1CC(=O)Nc1cccc(SC)c1. The zero-order valence-electron chi connectivity index (χ0n) is 13.9. The highest BCUT2D eigenvalue weighted by molar-refractivity contribution is 7.98. The zero-order valence-corrected chi connectivity index (χ0v) is 15.6. The number of nitrogens with one attached hydrogen (secondary N) is 1. The van der Waals surface area contributed by atoms with Crippen molar-refractivity contribution in [1.82, 2.24) is 4.57 Å². The van der Waals surface area contributed by atoms with Gasteiger partial charge in [0.15, 0.2) is 0 Å². The van der Waals surface area contributed by atoms with Crippen LogP contribution in [0.15, 0.2) is 46.7 Å². The minimum Gasteiger partial charge on any atom is -0.461 e. The molecule has 25 heavy (non-hydrogen) atoms. The van der Waals surface area contributed by atoms with Crippen molar-refractivity contribution in [2.24, 2.45) is 0 Å². The number of fused-ring (bicyclic) bond motifs is 1. The van der Waals surface area contributed by atoms with Crippen molar-refractivity contribution in [1.29, 1.82) is 0 Å². The van der Waals surface area contributed by atoms with Gasteiger partial charge in [-0.3, -0.25) is 4.79 Å². The molecule has 5 nitrogen and oxygen atoms in total. The molecule has 2 aromatic heterocycles. The molecule has 0 unspecified atom stereocenters. The minimum atomic E-state index is -0.414. The maximum absolute atomic E-state index is 12.5. The summed E-state index contributed by atoms with van der Waals surface area (Å²) in [6.45, 7) is 2.12. The summed E-state index contributed by atoms with van der Waals surface area (Å²) in [5.41, 5.74) is 1.14. The Kier molecular flexibility index (Phi) is 5.45. The molecule has 2 heterocycles. The summed E-state index contributed by atoms with van der Waals surface area (Å²) in [6.07, 6.45) is 1.99. The van der Waals surface area contributed by atoms with E-state index in [1.54, 1.807) is 29.3 Å². The molecule has 1 aromatic carbocycles. The fourth-order valence-electron chi connectivity index (χ4n) is 2.55. The second kappa shape index (κ2) is 7.76. The number of hydrogen-bond acceptors (Lipinski definition) is 5. The zero-order chi connectivity index (χ0) is 17.8. The molecule has 3 aromatic rings. The summed E-state index contributed by atoms with van der Waals surface area (Å²) in [5, 5.41) is 5.77. The number of rotatable bonds is 6. The smallest absolute Gasteiger partial charge is 0.355 e. The van der Waals surface area contributed by atoms with Gasteiger partial charge in [0.05, 0.1) is 6.61 Å². The molecule has 0 aliphatic heterocycles. The number of amides is 1. The number of carbonyl (C=O) groups excluding carboxylic acids is 2. The third kappa shape index (κ3) is 3.88. The Balaban J connectivity index is 1.83. The van der Waals surface area contributed by atoms with E-state index < -0.39 is 5.97 Å². The summed E-state index contributed by atoms with van der Waals surface area (Å²) in [4.78, 5) is 26.6. The summed E-state index contributed by atoms with van der Waals surface area (Å²) in [6, 6.07) is 11.4. The fraction of sp³-hybridized carbons (Fsp3) is 0.222. The van der Waals surface area contributed by atoms with Crippen LogP contribution in [0.2, 0.25) is 0 Å². The Morgan fingerprint density at radius 1 is 1.28 bits per heavy atom. The summed E-state index contributed by atoms with van der Waals surface area (Å²) >= 11 is 3.11. The van der Waals surface area contributed by atoms with Crippen molar-refractivity contribution < 1.29 is 14.3 Å². The number of anilines is 1. The Bertz CT molecular complexity index is 914. The van der Waals surface area contributed by atoms with Crippen molar-refractivity contribution in [2.75, 3.05) is 18.2 Å².